The molecule has 0 radical (unpaired) electrons. The fourth-order valence-corrected chi connectivity index (χ4v) is 2.74. The number of hydrogen-bond acceptors (Lipinski definition) is 6. The third-order valence-electron chi connectivity index (χ3n) is 3.07. The number of thioether (sulfide) groups is 1. The van der Waals surface area contributed by atoms with Crippen LogP contribution in [0.5, 0.6) is 0 Å². The smallest absolute Gasteiger partial charge is 0.259 e. The van der Waals surface area contributed by atoms with E-state index in [2.05, 4.69) is 20.4 Å². The number of halogens is 2. The summed E-state index contributed by atoms with van der Waals surface area (Å²) in [5, 5.41) is 7.00. The van der Waals surface area contributed by atoms with Gasteiger partial charge in [-0.2, -0.15) is 4.98 Å². The highest BCUT2D eigenvalue weighted by atomic mass is 35.5. The summed E-state index contributed by atoms with van der Waals surface area (Å²) < 4.78 is 18.2. The van der Waals surface area contributed by atoms with Gasteiger partial charge in [0.1, 0.15) is 5.82 Å². The molecule has 6 nitrogen and oxygen atoms in total. The molecule has 128 valence electrons. The summed E-state index contributed by atoms with van der Waals surface area (Å²) >= 11 is 6.95. The number of carbonyl (C=O) groups is 1. The number of amides is 1. The predicted molar refractivity (Wildman–Crippen MR) is 93.0 cm³/mol. The van der Waals surface area contributed by atoms with Crippen molar-refractivity contribution in [3.8, 4) is 11.5 Å². The van der Waals surface area contributed by atoms with Gasteiger partial charge < -0.3 is 9.84 Å². The third kappa shape index (κ3) is 4.55. The SMILES string of the molecule is Cc1noc(-c2ccc(SCC(=O)Nc3ccc(F)c(Cl)c3)nc2)n1. The Morgan fingerprint density at radius 2 is 2.20 bits per heavy atom. The molecule has 0 aliphatic carbocycles. The number of hydrogen-bond donors (Lipinski definition) is 1. The van der Waals surface area contributed by atoms with E-state index in [0.29, 0.717) is 28.0 Å². The van der Waals surface area contributed by atoms with Crippen LogP contribution in [-0.4, -0.2) is 26.8 Å². The predicted octanol–water partition coefficient (Wildman–Crippen LogP) is 3.96. The van der Waals surface area contributed by atoms with Gasteiger partial charge in [0, 0.05) is 11.9 Å². The lowest BCUT2D eigenvalue weighted by Gasteiger charge is -2.06. The molecule has 0 atom stereocenters. The van der Waals surface area contributed by atoms with Gasteiger partial charge in [-0.3, -0.25) is 4.79 Å². The first-order valence-electron chi connectivity index (χ1n) is 7.16. The van der Waals surface area contributed by atoms with Crippen LogP contribution < -0.4 is 5.32 Å². The second-order valence-corrected chi connectivity index (χ2v) is 6.40. The van der Waals surface area contributed by atoms with E-state index in [0.717, 1.165) is 0 Å². The van der Waals surface area contributed by atoms with Gasteiger partial charge >= 0.3 is 0 Å². The topological polar surface area (TPSA) is 80.9 Å². The summed E-state index contributed by atoms with van der Waals surface area (Å²) in [5.41, 5.74) is 1.14. The summed E-state index contributed by atoms with van der Waals surface area (Å²) in [5.74, 6) is 0.320. The van der Waals surface area contributed by atoms with Crippen molar-refractivity contribution in [2.45, 2.75) is 11.9 Å². The molecule has 0 saturated carbocycles. The highest BCUT2D eigenvalue weighted by Gasteiger charge is 2.09. The molecule has 1 aromatic carbocycles. The molecule has 0 aliphatic heterocycles. The van der Waals surface area contributed by atoms with Gasteiger partial charge in [0.2, 0.25) is 5.91 Å². The molecule has 9 heteroatoms. The molecule has 1 amide bonds. The number of anilines is 1. The summed E-state index contributed by atoms with van der Waals surface area (Å²) in [6.45, 7) is 1.73. The van der Waals surface area contributed by atoms with Crippen LogP contribution in [-0.2, 0) is 4.79 Å². The van der Waals surface area contributed by atoms with Crippen molar-refractivity contribution in [2.24, 2.45) is 0 Å². The second-order valence-electron chi connectivity index (χ2n) is 5.00. The zero-order valence-electron chi connectivity index (χ0n) is 13.0. The molecule has 2 heterocycles. The summed E-state index contributed by atoms with van der Waals surface area (Å²) in [6.07, 6.45) is 1.60. The summed E-state index contributed by atoms with van der Waals surface area (Å²) in [4.78, 5) is 20.3. The fourth-order valence-electron chi connectivity index (χ4n) is 1.92. The van der Waals surface area contributed by atoms with Crippen molar-refractivity contribution in [1.29, 1.82) is 0 Å². The minimum absolute atomic E-state index is 0.0426. The van der Waals surface area contributed by atoms with Crippen molar-refractivity contribution in [3.63, 3.8) is 0 Å². The Balaban J connectivity index is 1.55. The van der Waals surface area contributed by atoms with Crippen LogP contribution in [0.2, 0.25) is 5.02 Å². The number of aryl methyl sites for hydroxylation is 1. The Kier molecular flexibility index (Phi) is 5.30. The number of aromatic nitrogens is 3. The number of carbonyl (C=O) groups excluding carboxylic acids is 1. The standard InChI is InChI=1S/C16H12ClFN4O2S/c1-9-20-16(24-22-9)10-2-5-15(19-7-10)25-8-14(23)21-11-3-4-13(18)12(17)6-11/h2-7H,8H2,1H3,(H,21,23). The first-order chi connectivity index (χ1) is 12.0. The highest BCUT2D eigenvalue weighted by Crippen LogP contribution is 2.22. The van der Waals surface area contributed by atoms with Gasteiger partial charge in [-0.1, -0.05) is 28.5 Å². The van der Waals surface area contributed by atoms with Gasteiger partial charge in [0.05, 0.1) is 21.4 Å². The average molecular weight is 379 g/mol. The number of pyridine rings is 1. The minimum Gasteiger partial charge on any atom is -0.334 e. The zero-order chi connectivity index (χ0) is 17.8. The van der Waals surface area contributed by atoms with Crippen LogP contribution in [0, 0.1) is 12.7 Å². The molecule has 0 unspecified atom stereocenters. The number of nitrogens with zero attached hydrogens (tertiary/aromatic N) is 3. The number of benzene rings is 1. The molecule has 0 spiro atoms. The molecular weight excluding hydrogens is 367 g/mol. The third-order valence-corrected chi connectivity index (χ3v) is 4.30. The minimum atomic E-state index is -0.533. The normalized spacial score (nSPS) is 10.7. The van der Waals surface area contributed by atoms with E-state index in [1.54, 1.807) is 25.3 Å². The summed E-state index contributed by atoms with van der Waals surface area (Å²) in [6, 6.07) is 7.56. The van der Waals surface area contributed by atoms with Crippen LogP contribution in [0.4, 0.5) is 10.1 Å². The molecule has 2 aromatic heterocycles. The highest BCUT2D eigenvalue weighted by molar-refractivity contribution is 7.99. The van der Waals surface area contributed by atoms with Gasteiger partial charge in [-0.15, -0.1) is 0 Å². The Bertz CT molecular complexity index is 901. The van der Waals surface area contributed by atoms with Gasteiger partial charge in [-0.05, 0) is 37.3 Å². The van der Waals surface area contributed by atoms with Gasteiger partial charge in [0.25, 0.3) is 5.89 Å². The van der Waals surface area contributed by atoms with Gasteiger partial charge in [0.15, 0.2) is 5.82 Å². The Morgan fingerprint density at radius 1 is 1.36 bits per heavy atom. The number of rotatable bonds is 5. The van der Waals surface area contributed by atoms with Crippen molar-refractivity contribution < 1.29 is 13.7 Å². The molecule has 0 bridgehead atoms. The zero-order valence-corrected chi connectivity index (χ0v) is 14.6. The second kappa shape index (κ2) is 7.62. The van der Waals surface area contributed by atoms with E-state index in [4.69, 9.17) is 16.1 Å². The monoisotopic (exact) mass is 378 g/mol. The van der Waals surface area contributed by atoms with Crippen LogP contribution in [0.15, 0.2) is 46.1 Å². The molecule has 1 N–H and O–H groups in total. The fraction of sp³-hybridized carbons (Fsp3) is 0.125. The quantitative estimate of drug-likeness (QED) is 0.677. The molecular formula is C16H12ClFN4O2S. The number of nitrogens with one attached hydrogen (secondary N) is 1. The maximum Gasteiger partial charge on any atom is 0.259 e. The van der Waals surface area contributed by atoms with Crippen LogP contribution in [0.1, 0.15) is 5.82 Å². The molecule has 3 aromatic rings. The molecule has 25 heavy (non-hydrogen) atoms. The van der Waals surface area contributed by atoms with Crippen LogP contribution in [0.25, 0.3) is 11.5 Å². The first-order valence-corrected chi connectivity index (χ1v) is 8.52. The molecule has 0 aliphatic rings. The van der Waals surface area contributed by atoms with Gasteiger partial charge in [-0.25, -0.2) is 9.37 Å². The maximum atomic E-state index is 13.1. The van der Waals surface area contributed by atoms with Crippen LogP contribution in [0.3, 0.4) is 0 Å². The van der Waals surface area contributed by atoms with E-state index >= 15 is 0 Å². The Morgan fingerprint density at radius 3 is 2.84 bits per heavy atom. The van der Waals surface area contributed by atoms with Crippen molar-refractivity contribution in [3.05, 3.63) is 53.2 Å². The largest absolute Gasteiger partial charge is 0.334 e. The Hall–Kier alpha value is -2.45. The van der Waals surface area contributed by atoms with E-state index in [1.807, 2.05) is 0 Å². The maximum absolute atomic E-state index is 13.1. The lowest BCUT2D eigenvalue weighted by Crippen LogP contribution is -2.14. The molecule has 3 rings (SSSR count). The van der Waals surface area contributed by atoms with Crippen molar-refractivity contribution >= 4 is 35.0 Å². The van der Waals surface area contributed by atoms with E-state index in [1.165, 1.54) is 30.0 Å². The summed E-state index contributed by atoms with van der Waals surface area (Å²) in [7, 11) is 0. The van der Waals surface area contributed by atoms with Crippen molar-refractivity contribution in [1.82, 2.24) is 15.1 Å². The van der Waals surface area contributed by atoms with Crippen molar-refractivity contribution in [2.75, 3.05) is 11.1 Å². The molecule has 0 fully saturated rings. The van der Waals surface area contributed by atoms with E-state index in [9.17, 15) is 9.18 Å². The lowest BCUT2D eigenvalue weighted by molar-refractivity contribution is -0.113. The molecule has 0 saturated heterocycles. The van der Waals surface area contributed by atoms with E-state index in [-0.39, 0.29) is 16.7 Å². The average Bonchev–Trinajstić information content (AvgIpc) is 3.03. The van der Waals surface area contributed by atoms with Crippen LogP contribution >= 0.6 is 23.4 Å². The van der Waals surface area contributed by atoms with E-state index < -0.39 is 5.82 Å². The Labute approximate surface area is 151 Å². The lowest BCUT2D eigenvalue weighted by atomic mass is 10.3. The first kappa shape index (κ1) is 17.4.